The van der Waals surface area contributed by atoms with Crippen molar-refractivity contribution < 1.29 is 27.4 Å². The van der Waals surface area contributed by atoms with Gasteiger partial charge in [0, 0.05) is 13.0 Å². The predicted octanol–water partition coefficient (Wildman–Crippen LogP) is 2.33. The lowest BCUT2D eigenvalue weighted by Crippen LogP contribution is -2.49. The van der Waals surface area contributed by atoms with Crippen molar-refractivity contribution in [3.63, 3.8) is 0 Å². The summed E-state index contributed by atoms with van der Waals surface area (Å²) in [6.07, 6.45) is -6.12. The molecule has 2 aliphatic rings. The van der Waals surface area contributed by atoms with Crippen molar-refractivity contribution >= 4 is 6.09 Å². The molecule has 0 bridgehead atoms. The number of amides is 1. The molecule has 104 valence electrons. The van der Waals surface area contributed by atoms with E-state index in [1.54, 1.807) is 20.8 Å². The number of alkyl halides is 3. The largest absolute Gasteiger partial charge is 0.444 e. The minimum atomic E-state index is -4.36. The molecule has 0 aromatic carbocycles. The van der Waals surface area contributed by atoms with Gasteiger partial charge in [-0.3, -0.25) is 0 Å². The number of ether oxygens (including phenoxy) is 2. The molecule has 2 atom stereocenters. The highest BCUT2D eigenvalue weighted by Gasteiger charge is 2.74. The van der Waals surface area contributed by atoms with Gasteiger partial charge in [-0.05, 0) is 20.8 Å². The average Bonchev–Trinajstić information content (AvgIpc) is 2.87. The summed E-state index contributed by atoms with van der Waals surface area (Å²) in [5, 5.41) is 0. The van der Waals surface area contributed by atoms with Crippen LogP contribution in [0.15, 0.2) is 0 Å². The molecule has 4 nitrogen and oxygen atoms in total. The van der Waals surface area contributed by atoms with E-state index in [1.165, 1.54) is 4.90 Å². The molecule has 2 aliphatic heterocycles. The first kappa shape index (κ1) is 13.5. The highest BCUT2D eigenvalue weighted by atomic mass is 19.4. The second-order valence-corrected chi connectivity index (χ2v) is 5.67. The van der Waals surface area contributed by atoms with Crippen LogP contribution < -0.4 is 0 Å². The lowest BCUT2D eigenvalue weighted by atomic mass is 9.96. The Morgan fingerprint density at radius 1 is 1.39 bits per heavy atom. The van der Waals surface area contributed by atoms with E-state index < -0.39 is 29.6 Å². The van der Waals surface area contributed by atoms with Crippen LogP contribution in [0, 0.1) is 0 Å². The maximum atomic E-state index is 12.7. The van der Waals surface area contributed by atoms with Crippen LogP contribution in [0.3, 0.4) is 0 Å². The molecule has 2 fully saturated rings. The Hall–Kier alpha value is -0.980. The molecule has 0 N–H and O–H groups in total. The summed E-state index contributed by atoms with van der Waals surface area (Å²) in [5.41, 5.74) is -2.68. The Morgan fingerprint density at radius 3 is 2.44 bits per heavy atom. The van der Waals surface area contributed by atoms with E-state index in [-0.39, 0.29) is 19.5 Å². The molecule has 0 aromatic rings. The highest BCUT2D eigenvalue weighted by Crippen LogP contribution is 2.54. The van der Waals surface area contributed by atoms with Crippen LogP contribution in [-0.2, 0) is 9.47 Å². The van der Waals surface area contributed by atoms with Gasteiger partial charge in [-0.2, -0.15) is 13.2 Å². The van der Waals surface area contributed by atoms with Gasteiger partial charge < -0.3 is 14.4 Å². The second-order valence-electron chi connectivity index (χ2n) is 5.67. The summed E-state index contributed by atoms with van der Waals surface area (Å²) in [7, 11) is 0. The van der Waals surface area contributed by atoms with Crippen molar-refractivity contribution in [2.45, 2.75) is 50.7 Å². The topological polar surface area (TPSA) is 42.1 Å². The normalized spacial score (nSPS) is 31.9. The minimum Gasteiger partial charge on any atom is -0.444 e. The van der Waals surface area contributed by atoms with E-state index in [0.29, 0.717) is 0 Å². The summed E-state index contributed by atoms with van der Waals surface area (Å²) >= 11 is 0. The summed E-state index contributed by atoms with van der Waals surface area (Å²) in [6, 6.07) is 0. The number of hydrogen-bond acceptors (Lipinski definition) is 3. The number of rotatable bonds is 0. The number of hydrogen-bond donors (Lipinski definition) is 0. The fourth-order valence-electron chi connectivity index (χ4n) is 2.10. The number of piperidine rings is 1. The third-order valence-electron chi connectivity index (χ3n) is 3.09. The van der Waals surface area contributed by atoms with Gasteiger partial charge in [-0.25, -0.2) is 4.79 Å². The van der Waals surface area contributed by atoms with Crippen molar-refractivity contribution in [1.82, 2.24) is 4.90 Å². The molecule has 18 heavy (non-hydrogen) atoms. The number of carbonyl (C=O) groups is 1. The van der Waals surface area contributed by atoms with E-state index in [1.807, 2.05) is 0 Å². The van der Waals surface area contributed by atoms with Crippen molar-refractivity contribution in [2.24, 2.45) is 0 Å². The van der Waals surface area contributed by atoms with Gasteiger partial charge in [-0.15, -0.1) is 0 Å². The number of nitrogens with zero attached hydrogens (tertiary/aromatic N) is 1. The Labute approximate surface area is 103 Å². The average molecular weight is 267 g/mol. The van der Waals surface area contributed by atoms with Gasteiger partial charge in [0.1, 0.15) is 11.7 Å². The molecule has 7 heteroatoms. The van der Waals surface area contributed by atoms with Gasteiger partial charge in [0.05, 0.1) is 6.54 Å². The van der Waals surface area contributed by atoms with Gasteiger partial charge >= 0.3 is 12.3 Å². The molecular formula is C11H16F3NO3. The Balaban J connectivity index is 1.94. The second kappa shape index (κ2) is 3.76. The fraction of sp³-hybridized carbons (Fsp3) is 0.909. The van der Waals surface area contributed by atoms with Gasteiger partial charge in [-0.1, -0.05) is 0 Å². The molecule has 0 saturated carbocycles. The van der Waals surface area contributed by atoms with E-state index in [0.717, 1.165) is 0 Å². The minimum absolute atomic E-state index is 0.00488. The number of halogens is 3. The SMILES string of the molecule is CC(C)(C)OC(=O)N1CC[C@@]2(C(F)(F)F)O[C@H]2C1. The number of carbonyl (C=O) groups excluding carboxylic acids is 1. The van der Waals surface area contributed by atoms with Crippen molar-refractivity contribution in [1.29, 1.82) is 0 Å². The fourth-order valence-corrected chi connectivity index (χ4v) is 2.10. The van der Waals surface area contributed by atoms with Crippen molar-refractivity contribution in [3.05, 3.63) is 0 Å². The summed E-state index contributed by atoms with van der Waals surface area (Å²) in [4.78, 5) is 13.0. The Morgan fingerprint density at radius 2 is 2.00 bits per heavy atom. The van der Waals surface area contributed by atoms with E-state index >= 15 is 0 Å². The maximum Gasteiger partial charge on any atom is 0.420 e. The van der Waals surface area contributed by atoms with Crippen molar-refractivity contribution in [3.8, 4) is 0 Å². The van der Waals surface area contributed by atoms with E-state index in [4.69, 9.17) is 9.47 Å². The van der Waals surface area contributed by atoms with Gasteiger partial charge in [0.15, 0.2) is 5.60 Å². The summed E-state index contributed by atoms with van der Waals surface area (Å²) in [6.45, 7) is 5.08. The quantitative estimate of drug-likeness (QED) is 0.632. The molecule has 0 spiro atoms. The highest BCUT2D eigenvalue weighted by molar-refractivity contribution is 5.68. The zero-order valence-corrected chi connectivity index (χ0v) is 10.5. The van der Waals surface area contributed by atoms with E-state index in [2.05, 4.69) is 0 Å². The van der Waals surface area contributed by atoms with Crippen molar-refractivity contribution in [2.75, 3.05) is 13.1 Å². The molecule has 1 amide bonds. The maximum absolute atomic E-state index is 12.7. The van der Waals surface area contributed by atoms with Crippen LogP contribution in [-0.4, -0.2) is 47.6 Å². The summed E-state index contributed by atoms with van der Waals surface area (Å²) < 4.78 is 48.0. The zero-order valence-electron chi connectivity index (χ0n) is 10.5. The molecule has 0 aromatic heterocycles. The molecule has 0 unspecified atom stereocenters. The molecule has 0 aliphatic carbocycles. The molecule has 2 heterocycles. The zero-order chi connectivity index (χ0) is 13.8. The van der Waals surface area contributed by atoms with Crippen LogP contribution in [0.5, 0.6) is 0 Å². The van der Waals surface area contributed by atoms with E-state index in [9.17, 15) is 18.0 Å². The lowest BCUT2D eigenvalue weighted by molar-refractivity contribution is -0.188. The first-order valence-electron chi connectivity index (χ1n) is 5.78. The number of fused-ring (bicyclic) bond motifs is 1. The molecule has 2 saturated heterocycles. The third-order valence-corrected chi connectivity index (χ3v) is 3.09. The van der Waals surface area contributed by atoms with Crippen LogP contribution in [0.4, 0.5) is 18.0 Å². The summed E-state index contributed by atoms with van der Waals surface area (Å²) in [5.74, 6) is 0. The van der Waals surface area contributed by atoms with Crippen LogP contribution in [0.2, 0.25) is 0 Å². The van der Waals surface area contributed by atoms with Crippen LogP contribution >= 0.6 is 0 Å². The van der Waals surface area contributed by atoms with Gasteiger partial charge in [0.2, 0.25) is 0 Å². The predicted molar refractivity (Wildman–Crippen MR) is 56.1 cm³/mol. The van der Waals surface area contributed by atoms with Gasteiger partial charge in [0.25, 0.3) is 0 Å². The van der Waals surface area contributed by atoms with Crippen LogP contribution in [0.25, 0.3) is 0 Å². The molecule has 0 radical (unpaired) electrons. The molecular weight excluding hydrogens is 251 g/mol. The molecule has 2 rings (SSSR count). The number of epoxide rings is 1. The number of likely N-dealkylation sites (tertiary alicyclic amines) is 1. The van der Waals surface area contributed by atoms with Crippen LogP contribution in [0.1, 0.15) is 27.2 Å². The Bertz CT molecular complexity index is 364. The lowest BCUT2D eigenvalue weighted by Gasteiger charge is -2.31. The first-order chi connectivity index (χ1) is 8.05. The third kappa shape index (κ3) is 2.28. The monoisotopic (exact) mass is 267 g/mol. The first-order valence-corrected chi connectivity index (χ1v) is 5.78. The standard InChI is InChI=1S/C11H16F3NO3/c1-9(2,3)18-8(16)15-5-4-10(11(12,13)14)7(6-15)17-10/h7H,4-6H2,1-3H3/t7-,10+/m0/s1. The smallest absolute Gasteiger partial charge is 0.420 e. The Kier molecular flexibility index (Phi) is 2.81.